The predicted molar refractivity (Wildman–Crippen MR) is 26.7 cm³/mol. The van der Waals surface area contributed by atoms with Crippen LogP contribution in [-0.4, -0.2) is 33.9 Å². The molecule has 5 N–H and O–H groups in total. The molecule has 0 aliphatic carbocycles. The summed E-state index contributed by atoms with van der Waals surface area (Å²) >= 11 is 0. The fourth-order valence-electron chi connectivity index (χ4n) is 0. The summed E-state index contributed by atoms with van der Waals surface area (Å²) in [5, 5.41) is 14.3. The first-order valence-electron chi connectivity index (χ1n) is 0.814. The van der Waals surface area contributed by atoms with Crippen LogP contribution in [0.25, 0.3) is 0 Å². The second-order valence-electron chi connectivity index (χ2n) is 0.357. The molecule has 0 aliphatic rings. The summed E-state index contributed by atoms with van der Waals surface area (Å²) < 4.78 is 0. The smallest absolute Gasteiger partial charge is 0.448 e. The largest absolute Gasteiger partial charge is 0.537 e. The van der Waals surface area contributed by atoms with Gasteiger partial charge >= 0.3 is 6.16 Å². The van der Waals surface area contributed by atoms with E-state index in [0.29, 0.717) is 0 Å². The molecule has 0 bridgehead atoms. The molecule has 0 spiro atoms. The van der Waals surface area contributed by atoms with E-state index in [9.17, 15) is 0 Å². The number of hydrogen-bond acceptors (Lipinski definition) is 4. The van der Waals surface area contributed by atoms with Gasteiger partial charge in [-0.3, -0.25) is 4.89 Å². The Labute approximate surface area is 50.5 Å². The number of rotatable bonds is 0. The predicted octanol–water partition coefficient (Wildman–Crippen LogP) is -0.868. The van der Waals surface area contributed by atoms with Crippen LogP contribution >= 0.6 is 0 Å². The molecule has 6 heteroatoms. The van der Waals surface area contributed by atoms with E-state index >= 15 is 0 Å². The van der Waals surface area contributed by atoms with Gasteiger partial charge in [0.25, 0.3) is 0 Å². The van der Waals surface area contributed by atoms with Gasteiger partial charge in [-0.25, -0.2) is 4.79 Å². The minimum absolute atomic E-state index is 0. The molecule has 0 radical (unpaired) electrons. The molecule has 0 saturated heterocycles. The molecule has 44 valence electrons. The fraction of sp³-hybridized carbons (Fsp3) is 0. The summed E-state index contributed by atoms with van der Waals surface area (Å²) in [7, 11) is 0. The zero-order chi connectivity index (χ0) is 4.28. The number of carbonyl (C=O) groups is 1. The van der Waals surface area contributed by atoms with Gasteiger partial charge in [0.2, 0.25) is 0 Å². The second-order valence-corrected chi connectivity index (χ2v) is 0.357. The standard InChI is InChI=1S/CH2O4.Al.H3N.3H/c2-1(3)5-4;;;;;/h4H,(H,2,3);;1H3;;;. The van der Waals surface area contributed by atoms with Crippen molar-refractivity contribution in [3.63, 3.8) is 0 Å². The summed E-state index contributed by atoms with van der Waals surface area (Å²) in [5.41, 5.74) is 0. The molecule has 0 heterocycles. The van der Waals surface area contributed by atoms with Gasteiger partial charge in [0, 0.05) is 0 Å². The van der Waals surface area contributed by atoms with Crippen molar-refractivity contribution in [1.29, 1.82) is 0 Å². The van der Waals surface area contributed by atoms with E-state index in [2.05, 4.69) is 4.89 Å². The maximum absolute atomic E-state index is 8.90. The third-order valence-electron chi connectivity index (χ3n) is 0.0781. The molecule has 0 atom stereocenters. The van der Waals surface area contributed by atoms with Gasteiger partial charge in [-0.05, 0) is 0 Å². The Hall–Kier alpha value is -0.278. The Kier molecular flexibility index (Phi) is 20.9. The van der Waals surface area contributed by atoms with Crippen LogP contribution in [0.3, 0.4) is 0 Å². The van der Waals surface area contributed by atoms with E-state index in [0.717, 1.165) is 0 Å². The van der Waals surface area contributed by atoms with Crippen molar-refractivity contribution in [3.8, 4) is 0 Å². The molecular formula is CH8AlNO4. The van der Waals surface area contributed by atoms with Crippen LogP contribution in [-0.2, 0) is 4.89 Å². The quantitative estimate of drug-likeness (QED) is 0.222. The molecule has 0 fully saturated rings. The zero-order valence-corrected chi connectivity index (χ0v) is 2.92. The van der Waals surface area contributed by atoms with E-state index in [1.807, 2.05) is 0 Å². The van der Waals surface area contributed by atoms with E-state index in [4.69, 9.17) is 15.2 Å². The molecule has 0 amide bonds. The summed E-state index contributed by atoms with van der Waals surface area (Å²) in [6, 6.07) is 0. The Morgan fingerprint density at radius 3 is 1.71 bits per heavy atom. The molecule has 0 aromatic carbocycles. The van der Waals surface area contributed by atoms with Crippen LogP contribution in [0, 0.1) is 0 Å². The van der Waals surface area contributed by atoms with Gasteiger partial charge in [0.05, 0.1) is 0 Å². The summed E-state index contributed by atoms with van der Waals surface area (Å²) in [6.07, 6.45) is -1.69. The highest BCUT2D eigenvalue weighted by atomic mass is 27.0. The van der Waals surface area contributed by atoms with Gasteiger partial charge in [-0.2, -0.15) is 5.26 Å². The molecule has 0 unspecified atom stereocenters. The van der Waals surface area contributed by atoms with E-state index in [1.54, 1.807) is 0 Å². The Morgan fingerprint density at radius 1 is 1.57 bits per heavy atom. The first kappa shape index (κ1) is 15.9. The van der Waals surface area contributed by atoms with Crippen LogP contribution in [0.1, 0.15) is 0 Å². The molecule has 7 heavy (non-hydrogen) atoms. The minimum Gasteiger partial charge on any atom is -0.448 e. The Bertz CT molecular complexity index is 47.0. The molecule has 0 aliphatic heterocycles. The SMILES string of the molecule is N.O=C(O)OO.[AlH3]. The lowest BCUT2D eigenvalue weighted by atomic mass is 11.5. The first-order valence-corrected chi connectivity index (χ1v) is 0.814. The Balaban J connectivity index is -0.0000000800. The first-order chi connectivity index (χ1) is 2.27. The highest BCUT2D eigenvalue weighted by molar-refractivity contribution is 5.75. The summed E-state index contributed by atoms with van der Waals surface area (Å²) in [4.78, 5) is 11.6. The van der Waals surface area contributed by atoms with Gasteiger partial charge in [0.15, 0.2) is 17.4 Å². The third-order valence-corrected chi connectivity index (χ3v) is 0.0781. The van der Waals surface area contributed by atoms with Crippen molar-refractivity contribution in [2.24, 2.45) is 0 Å². The molecular weight excluding hydrogens is 117 g/mol. The zero-order valence-electron chi connectivity index (χ0n) is 2.92. The average Bonchev–Trinajstić information content (AvgIpc) is 1.38. The highest BCUT2D eigenvalue weighted by Crippen LogP contribution is 1.59. The molecule has 5 nitrogen and oxygen atoms in total. The van der Waals surface area contributed by atoms with Crippen molar-refractivity contribution in [3.05, 3.63) is 0 Å². The fourth-order valence-corrected chi connectivity index (χ4v) is 0. The molecule has 0 rings (SSSR count). The Morgan fingerprint density at radius 2 is 1.71 bits per heavy atom. The van der Waals surface area contributed by atoms with Gasteiger partial charge in [-0.1, -0.05) is 0 Å². The van der Waals surface area contributed by atoms with Gasteiger partial charge in [0.1, 0.15) is 0 Å². The van der Waals surface area contributed by atoms with Crippen molar-refractivity contribution >= 4 is 23.5 Å². The lowest BCUT2D eigenvalue weighted by Gasteiger charge is -1.75. The lowest BCUT2D eigenvalue weighted by molar-refractivity contribution is -0.194. The topological polar surface area (TPSA) is 102 Å². The highest BCUT2D eigenvalue weighted by Gasteiger charge is 1.84. The maximum atomic E-state index is 8.90. The van der Waals surface area contributed by atoms with Crippen LogP contribution < -0.4 is 6.15 Å². The van der Waals surface area contributed by atoms with E-state index in [1.165, 1.54) is 0 Å². The van der Waals surface area contributed by atoms with Crippen LogP contribution in [0.15, 0.2) is 0 Å². The van der Waals surface area contributed by atoms with Crippen molar-refractivity contribution in [2.75, 3.05) is 0 Å². The van der Waals surface area contributed by atoms with Crippen molar-refractivity contribution in [1.82, 2.24) is 6.15 Å². The molecule has 0 aromatic heterocycles. The van der Waals surface area contributed by atoms with Crippen LogP contribution in [0.5, 0.6) is 0 Å². The van der Waals surface area contributed by atoms with Gasteiger partial charge in [-0.15, -0.1) is 0 Å². The third kappa shape index (κ3) is 26.7. The number of hydrogen-bond donors (Lipinski definition) is 3. The summed E-state index contributed by atoms with van der Waals surface area (Å²) in [6.45, 7) is 0. The maximum Gasteiger partial charge on any atom is 0.537 e. The molecule has 0 saturated carbocycles. The normalized spacial score (nSPS) is 4.71. The number of carboxylic acid groups (broad SMARTS) is 1. The van der Waals surface area contributed by atoms with Crippen LogP contribution in [0.2, 0.25) is 0 Å². The minimum atomic E-state index is -1.69. The lowest BCUT2D eigenvalue weighted by Crippen LogP contribution is -1.91. The molecule has 0 aromatic rings. The van der Waals surface area contributed by atoms with E-state index < -0.39 is 6.16 Å². The van der Waals surface area contributed by atoms with E-state index in [-0.39, 0.29) is 23.5 Å². The monoisotopic (exact) mass is 125 g/mol. The van der Waals surface area contributed by atoms with Crippen molar-refractivity contribution < 1.29 is 20.0 Å². The van der Waals surface area contributed by atoms with Gasteiger partial charge < -0.3 is 11.3 Å². The van der Waals surface area contributed by atoms with Crippen molar-refractivity contribution in [2.45, 2.75) is 0 Å². The summed E-state index contributed by atoms with van der Waals surface area (Å²) in [5.74, 6) is 0. The second kappa shape index (κ2) is 9.21. The van der Waals surface area contributed by atoms with Crippen LogP contribution in [0.4, 0.5) is 4.79 Å². The average molecular weight is 125 g/mol.